The third kappa shape index (κ3) is 5.41. The standard InChI is InChI=1S/C19H22ClN3O2.HI/c1-12-7-13(2)9-15(8-12)23-19(21)22-4-3-14-10-16(20)18-17(11-14)24-5-6-25-18;/h7-11H,3-6H2,1-2H3,(H3,21,22,23);1H. The molecule has 0 amide bonds. The number of aliphatic imine (C=N–C) groups is 1. The maximum Gasteiger partial charge on any atom is 0.193 e. The van der Waals surface area contributed by atoms with Gasteiger partial charge in [-0.2, -0.15) is 0 Å². The van der Waals surface area contributed by atoms with Crippen LogP contribution in [0.2, 0.25) is 5.02 Å². The number of hydrogen-bond donors (Lipinski definition) is 2. The summed E-state index contributed by atoms with van der Waals surface area (Å²) in [4.78, 5) is 4.38. The van der Waals surface area contributed by atoms with E-state index in [1.54, 1.807) is 0 Å². The number of nitrogens with zero attached hydrogens (tertiary/aromatic N) is 1. The summed E-state index contributed by atoms with van der Waals surface area (Å²) < 4.78 is 11.1. The fourth-order valence-electron chi connectivity index (χ4n) is 2.85. The van der Waals surface area contributed by atoms with Crippen LogP contribution in [-0.2, 0) is 6.42 Å². The lowest BCUT2D eigenvalue weighted by molar-refractivity contribution is 0.171. The van der Waals surface area contributed by atoms with Crippen LogP contribution in [0.5, 0.6) is 11.5 Å². The topological polar surface area (TPSA) is 68.9 Å². The molecule has 5 nitrogen and oxygen atoms in total. The quantitative estimate of drug-likeness (QED) is 0.383. The molecule has 0 aliphatic carbocycles. The number of benzene rings is 2. The minimum atomic E-state index is 0. The largest absolute Gasteiger partial charge is 0.486 e. The van der Waals surface area contributed by atoms with Gasteiger partial charge in [0.1, 0.15) is 13.2 Å². The molecule has 0 spiro atoms. The zero-order chi connectivity index (χ0) is 17.8. The number of anilines is 1. The summed E-state index contributed by atoms with van der Waals surface area (Å²) in [5, 5.41) is 3.70. The van der Waals surface area contributed by atoms with Crippen molar-refractivity contribution in [3.63, 3.8) is 0 Å². The predicted octanol–water partition coefficient (Wildman–Crippen LogP) is 4.32. The number of ether oxygens (including phenoxy) is 2. The highest BCUT2D eigenvalue weighted by molar-refractivity contribution is 14.0. The van der Waals surface area contributed by atoms with Crippen molar-refractivity contribution < 1.29 is 9.47 Å². The lowest BCUT2D eigenvalue weighted by atomic mass is 10.1. The monoisotopic (exact) mass is 487 g/mol. The molecule has 0 saturated carbocycles. The molecule has 1 aliphatic heterocycles. The Kier molecular flexibility index (Phi) is 7.40. The fourth-order valence-corrected chi connectivity index (χ4v) is 3.14. The van der Waals surface area contributed by atoms with E-state index in [1.807, 2.05) is 24.3 Å². The molecule has 1 heterocycles. The molecule has 7 heteroatoms. The molecule has 3 N–H and O–H groups in total. The second kappa shape index (κ2) is 9.32. The van der Waals surface area contributed by atoms with Gasteiger partial charge in [0.15, 0.2) is 17.5 Å². The molecule has 2 aromatic carbocycles. The van der Waals surface area contributed by atoms with E-state index in [-0.39, 0.29) is 24.0 Å². The zero-order valence-electron chi connectivity index (χ0n) is 14.8. The molecule has 26 heavy (non-hydrogen) atoms. The summed E-state index contributed by atoms with van der Waals surface area (Å²) in [6, 6.07) is 10.0. The van der Waals surface area contributed by atoms with Gasteiger partial charge in [0.05, 0.1) is 5.02 Å². The first kappa shape index (κ1) is 20.6. The summed E-state index contributed by atoms with van der Waals surface area (Å²) in [5.74, 6) is 1.71. The van der Waals surface area contributed by atoms with Crippen LogP contribution in [-0.4, -0.2) is 25.7 Å². The third-order valence-corrected chi connectivity index (χ3v) is 4.11. The summed E-state index contributed by atoms with van der Waals surface area (Å²) >= 11 is 6.25. The van der Waals surface area contributed by atoms with Crippen LogP contribution < -0.4 is 20.5 Å². The average molecular weight is 488 g/mol. The van der Waals surface area contributed by atoms with Crippen molar-refractivity contribution in [1.82, 2.24) is 0 Å². The normalized spacial score (nSPS) is 13.1. The van der Waals surface area contributed by atoms with E-state index < -0.39 is 0 Å². The first-order chi connectivity index (χ1) is 12.0. The number of aryl methyl sites for hydroxylation is 2. The van der Waals surface area contributed by atoms with Crippen LogP contribution in [0.1, 0.15) is 16.7 Å². The van der Waals surface area contributed by atoms with Crippen LogP contribution in [0.15, 0.2) is 35.3 Å². The van der Waals surface area contributed by atoms with Gasteiger partial charge in [0.2, 0.25) is 0 Å². The number of nitrogens with two attached hydrogens (primary N) is 1. The molecule has 0 unspecified atom stereocenters. The van der Waals surface area contributed by atoms with Gasteiger partial charge >= 0.3 is 0 Å². The Labute approximate surface area is 175 Å². The van der Waals surface area contributed by atoms with Crippen LogP contribution in [0, 0.1) is 13.8 Å². The van der Waals surface area contributed by atoms with Gasteiger partial charge in [0.25, 0.3) is 0 Å². The van der Waals surface area contributed by atoms with Crippen molar-refractivity contribution in [3.05, 3.63) is 52.0 Å². The van der Waals surface area contributed by atoms with E-state index in [4.69, 9.17) is 26.8 Å². The highest BCUT2D eigenvalue weighted by Gasteiger charge is 2.16. The van der Waals surface area contributed by atoms with Crippen molar-refractivity contribution in [2.24, 2.45) is 10.7 Å². The zero-order valence-corrected chi connectivity index (χ0v) is 17.9. The van der Waals surface area contributed by atoms with Gasteiger partial charge in [-0.15, -0.1) is 24.0 Å². The van der Waals surface area contributed by atoms with E-state index in [1.165, 1.54) is 11.1 Å². The van der Waals surface area contributed by atoms with Crippen molar-refractivity contribution in [1.29, 1.82) is 0 Å². The molecule has 1 aliphatic rings. The minimum absolute atomic E-state index is 0. The smallest absolute Gasteiger partial charge is 0.193 e. The number of halogens is 2. The number of nitrogens with one attached hydrogen (secondary N) is 1. The van der Waals surface area contributed by atoms with Gasteiger partial charge in [0, 0.05) is 12.2 Å². The Morgan fingerprint density at radius 3 is 2.54 bits per heavy atom. The molecular weight excluding hydrogens is 465 g/mol. The van der Waals surface area contributed by atoms with Crippen molar-refractivity contribution in [3.8, 4) is 11.5 Å². The molecule has 2 aromatic rings. The molecule has 140 valence electrons. The molecule has 0 fully saturated rings. The van der Waals surface area contributed by atoms with Crippen LogP contribution in [0.25, 0.3) is 0 Å². The molecule has 0 bridgehead atoms. The SMILES string of the molecule is Cc1cc(C)cc(NC(N)=NCCc2cc(Cl)c3c(c2)OCCO3)c1.I. The van der Waals surface area contributed by atoms with Crippen molar-refractivity contribution in [2.45, 2.75) is 20.3 Å². The Bertz CT molecular complexity index is 791. The number of guanidine groups is 1. The predicted molar refractivity (Wildman–Crippen MR) is 118 cm³/mol. The Balaban J connectivity index is 0.00000243. The highest BCUT2D eigenvalue weighted by atomic mass is 127. The second-order valence-electron chi connectivity index (χ2n) is 6.12. The molecule has 0 aromatic heterocycles. The van der Waals surface area contributed by atoms with Gasteiger partial charge in [-0.05, 0) is 61.2 Å². The van der Waals surface area contributed by atoms with Crippen LogP contribution in [0.4, 0.5) is 5.69 Å². The van der Waals surface area contributed by atoms with Gasteiger partial charge < -0.3 is 20.5 Å². The van der Waals surface area contributed by atoms with E-state index in [0.29, 0.717) is 48.7 Å². The highest BCUT2D eigenvalue weighted by Crippen LogP contribution is 2.38. The summed E-state index contributed by atoms with van der Waals surface area (Å²) in [7, 11) is 0. The number of fused-ring (bicyclic) bond motifs is 1. The van der Waals surface area contributed by atoms with E-state index in [0.717, 1.165) is 11.3 Å². The van der Waals surface area contributed by atoms with Gasteiger partial charge in [-0.3, -0.25) is 4.99 Å². The van der Waals surface area contributed by atoms with Crippen molar-refractivity contribution >= 4 is 47.2 Å². The van der Waals surface area contributed by atoms with Crippen molar-refractivity contribution in [2.75, 3.05) is 25.1 Å². The summed E-state index contributed by atoms with van der Waals surface area (Å²) in [6.07, 6.45) is 0.714. The van der Waals surface area contributed by atoms with Crippen LogP contribution in [0.3, 0.4) is 0 Å². The molecule has 0 radical (unpaired) electrons. The molecule has 3 rings (SSSR count). The van der Waals surface area contributed by atoms with E-state index in [9.17, 15) is 0 Å². The maximum absolute atomic E-state index is 6.25. The van der Waals surface area contributed by atoms with Gasteiger partial charge in [-0.1, -0.05) is 17.7 Å². The van der Waals surface area contributed by atoms with Gasteiger partial charge in [-0.25, -0.2) is 0 Å². The lowest BCUT2D eigenvalue weighted by Gasteiger charge is -2.20. The Hall–Kier alpha value is -1.67. The lowest BCUT2D eigenvalue weighted by Crippen LogP contribution is -2.23. The second-order valence-corrected chi connectivity index (χ2v) is 6.53. The summed E-state index contributed by atoms with van der Waals surface area (Å²) in [6.45, 7) is 5.72. The van der Waals surface area contributed by atoms with E-state index >= 15 is 0 Å². The van der Waals surface area contributed by atoms with Crippen LogP contribution >= 0.6 is 35.6 Å². The maximum atomic E-state index is 6.25. The van der Waals surface area contributed by atoms with E-state index in [2.05, 4.69) is 30.2 Å². The first-order valence-electron chi connectivity index (χ1n) is 8.24. The number of rotatable bonds is 4. The fraction of sp³-hybridized carbons (Fsp3) is 0.316. The Morgan fingerprint density at radius 1 is 1.12 bits per heavy atom. The molecule has 0 saturated heterocycles. The average Bonchev–Trinajstić information content (AvgIpc) is 2.54. The first-order valence-corrected chi connectivity index (χ1v) is 8.62. The third-order valence-electron chi connectivity index (χ3n) is 3.83. The molecule has 0 atom stereocenters. The Morgan fingerprint density at radius 2 is 1.81 bits per heavy atom. The summed E-state index contributed by atoms with van der Waals surface area (Å²) in [5.41, 5.74) is 10.3. The number of hydrogen-bond acceptors (Lipinski definition) is 3. The minimum Gasteiger partial charge on any atom is -0.486 e. The molecular formula is C19H23ClIN3O2.